The smallest absolute Gasteiger partial charge is 0.338 e. The summed E-state index contributed by atoms with van der Waals surface area (Å²) >= 11 is 6.14. The molecule has 0 spiro atoms. The Labute approximate surface area is 199 Å². The minimum Gasteiger partial charge on any atom is -0.482 e. The zero-order valence-corrected chi connectivity index (χ0v) is 20.5. The number of rotatable bonds is 12. The molecule has 2 aromatic carbocycles. The maximum Gasteiger partial charge on any atom is 0.338 e. The van der Waals surface area contributed by atoms with Gasteiger partial charge in [-0.05, 0) is 54.8 Å². The Balaban J connectivity index is 1.90. The Hall–Kier alpha value is -2.62. The molecule has 33 heavy (non-hydrogen) atoms. The van der Waals surface area contributed by atoms with Crippen molar-refractivity contribution in [3.05, 3.63) is 53.1 Å². The van der Waals surface area contributed by atoms with Crippen molar-refractivity contribution in [3.63, 3.8) is 0 Å². The molecular formula is C23H29ClN2O6S. The second-order valence-corrected chi connectivity index (χ2v) is 9.92. The van der Waals surface area contributed by atoms with E-state index < -0.39 is 21.9 Å². The van der Waals surface area contributed by atoms with Crippen LogP contribution in [0.15, 0.2) is 47.4 Å². The maximum atomic E-state index is 12.3. The first-order valence-electron chi connectivity index (χ1n) is 10.6. The van der Waals surface area contributed by atoms with Crippen LogP contribution in [0.25, 0.3) is 0 Å². The van der Waals surface area contributed by atoms with E-state index in [1.165, 1.54) is 18.2 Å². The standard InChI is InChI=1S/C23H29ClN2O6S/c1-4-5-12-31-23(28)17-6-8-18(9-7-17)26-22(27)15-32-21-11-10-19(13-20(21)24)33(29,30)25-14-16(2)3/h6-11,13,16,25H,4-5,12,14-15H2,1-3H3,(H,26,27). The minimum atomic E-state index is -3.69. The predicted molar refractivity (Wildman–Crippen MR) is 127 cm³/mol. The fourth-order valence-electron chi connectivity index (χ4n) is 2.55. The summed E-state index contributed by atoms with van der Waals surface area (Å²) in [5.74, 6) is -0.518. The number of amides is 1. The van der Waals surface area contributed by atoms with Crippen LogP contribution < -0.4 is 14.8 Å². The van der Waals surface area contributed by atoms with Gasteiger partial charge in [0.1, 0.15) is 5.75 Å². The van der Waals surface area contributed by atoms with E-state index >= 15 is 0 Å². The molecule has 0 fully saturated rings. The Morgan fingerprint density at radius 3 is 2.39 bits per heavy atom. The van der Waals surface area contributed by atoms with E-state index in [2.05, 4.69) is 10.0 Å². The van der Waals surface area contributed by atoms with Gasteiger partial charge in [-0.2, -0.15) is 0 Å². The molecule has 0 bridgehead atoms. The van der Waals surface area contributed by atoms with Gasteiger partial charge in [-0.25, -0.2) is 17.9 Å². The number of benzene rings is 2. The summed E-state index contributed by atoms with van der Waals surface area (Å²) in [6.45, 7) is 6.14. The number of nitrogens with one attached hydrogen (secondary N) is 2. The zero-order chi connectivity index (χ0) is 24.4. The minimum absolute atomic E-state index is 0.0123. The van der Waals surface area contributed by atoms with Crippen molar-refractivity contribution in [2.45, 2.75) is 38.5 Å². The van der Waals surface area contributed by atoms with E-state index in [1.807, 2.05) is 20.8 Å². The third-order valence-electron chi connectivity index (χ3n) is 4.39. The average Bonchev–Trinajstić information content (AvgIpc) is 2.77. The lowest BCUT2D eigenvalue weighted by atomic mass is 10.2. The van der Waals surface area contributed by atoms with Crippen LogP contribution in [-0.4, -0.2) is 40.1 Å². The highest BCUT2D eigenvalue weighted by atomic mass is 35.5. The normalized spacial score (nSPS) is 11.3. The van der Waals surface area contributed by atoms with Gasteiger partial charge < -0.3 is 14.8 Å². The van der Waals surface area contributed by atoms with Crippen LogP contribution in [0.4, 0.5) is 5.69 Å². The van der Waals surface area contributed by atoms with E-state index in [1.54, 1.807) is 24.3 Å². The number of unbranched alkanes of at least 4 members (excludes halogenated alkanes) is 1. The molecule has 0 radical (unpaired) electrons. The molecule has 0 saturated carbocycles. The van der Waals surface area contributed by atoms with Gasteiger partial charge in [-0.1, -0.05) is 38.8 Å². The highest BCUT2D eigenvalue weighted by Gasteiger charge is 2.17. The number of ether oxygens (including phenoxy) is 2. The van der Waals surface area contributed by atoms with Crippen molar-refractivity contribution in [2.24, 2.45) is 5.92 Å². The van der Waals surface area contributed by atoms with Crippen LogP contribution in [0, 0.1) is 5.92 Å². The van der Waals surface area contributed by atoms with Gasteiger partial charge in [0.25, 0.3) is 5.91 Å². The third-order valence-corrected chi connectivity index (χ3v) is 6.11. The molecule has 0 aliphatic carbocycles. The monoisotopic (exact) mass is 496 g/mol. The van der Waals surface area contributed by atoms with Crippen LogP contribution in [0.2, 0.25) is 5.02 Å². The van der Waals surface area contributed by atoms with E-state index in [4.69, 9.17) is 21.1 Å². The number of carbonyl (C=O) groups is 2. The van der Waals surface area contributed by atoms with Crippen LogP contribution in [-0.2, 0) is 19.6 Å². The molecule has 10 heteroatoms. The molecule has 180 valence electrons. The summed E-state index contributed by atoms with van der Waals surface area (Å²) in [6.07, 6.45) is 1.74. The van der Waals surface area contributed by atoms with E-state index in [9.17, 15) is 18.0 Å². The Kier molecular flexibility index (Phi) is 10.1. The van der Waals surface area contributed by atoms with Crippen LogP contribution >= 0.6 is 11.6 Å². The maximum absolute atomic E-state index is 12.3. The zero-order valence-electron chi connectivity index (χ0n) is 18.9. The van der Waals surface area contributed by atoms with E-state index in [-0.39, 0.29) is 28.2 Å². The Bertz CT molecular complexity index is 1060. The molecule has 0 heterocycles. The summed E-state index contributed by atoms with van der Waals surface area (Å²) < 4.78 is 37.7. The van der Waals surface area contributed by atoms with Crippen molar-refractivity contribution in [1.82, 2.24) is 4.72 Å². The van der Waals surface area contributed by atoms with Gasteiger partial charge in [-0.15, -0.1) is 0 Å². The predicted octanol–water partition coefficient (Wildman–Crippen LogP) is 4.25. The summed E-state index contributed by atoms with van der Waals surface area (Å²) in [4.78, 5) is 24.1. The molecule has 0 aliphatic heterocycles. The molecule has 8 nitrogen and oxygen atoms in total. The van der Waals surface area contributed by atoms with Crippen molar-refractivity contribution < 1.29 is 27.5 Å². The number of hydrogen-bond acceptors (Lipinski definition) is 6. The first-order chi connectivity index (χ1) is 15.6. The molecule has 2 rings (SSSR count). The molecule has 2 aromatic rings. The SMILES string of the molecule is CCCCOC(=O)c1ccc(NC(=O)COc2ccc(S(=O)(=O)NCC(C)C)cc2Cl)cc1. The lowest BCUT2D eigenvalue weighted by molar-refractivity contribution is -0.118. The molecule has 0 atom stereocenters. The Morgan fingerprint density at radius 2 is 1.79 bits per heavy atom. The third kappa shape index (κ3) is 8.68. The lowest BCUT2D eigenvalue weighted by Crippen LogP contribution is -2.27. The molecule has 0 saturated heterocycles. The fraction of sp³-hybridized carbons (Fsp3) is 0.391. The topological polar surface area (TPSA) is 111 Å². The van der Waals surface area contributed by atoms with E-state index in [0.717, 1.165) is 12.8 Å². The second-order valence-electron chi connectivity index (χ2n) is 7.74. The molecular weight excluding hydrogens is 468 g/mol. The van der Waals surface area contributed by atoms with Crippen LogP contribution in [0.1, 0.15) is 44.0 Å². The summed E-state index contributed by atoms with van der Waals surface area (Å²) in [5, 5.41) is 2.72. The highest BCUT2D eigenvalue weighted by Crippen LogP contribution is 2.27. The number of halogens is 1. The van der Waals surface area contributed by atoms with Crippen molar-refractivity contribution in [3.8, 4) is 5.75 Å². The summed E-state index contributed by atoms with van der Waals surface area (Å²) in [6, 6.07) is 10.3. The van der Waals surface area contributed by atoms with Gasteiger partial charge in [-0.3, -0.25) is 4.79 Å². The van der Waals surface area contributed by atoms with Gasteiger partial charge >= 0.3 is 5.97 Å². The van der Waals surface area contributed by atoms with Crippen LogP contribution in [0.3, 0.4) is 0 Å². The van der Waals surface area contributed by atoms with E-state index in [0.29, 0.717) is 24.4 Å². The Morgan fingerprint density at radius 1 is 1.09 bits per heavy atom. The number of carbonyl (C=O) groups excluding carboxylic acids is 2. The van der Waals surface area contributed by atoms with Gasteiger partial charge in [0.05, 0.1) is 22.1 Å². The van der Waals surface area contributed by atoms with Crippen molar-refractivity contribution >= 4 is 39.2 Å². The van der Waals surface area contributed by atoms with Crippen molar-refractivity contribution in [1.29, 1.82) is 0 Å². The largest absolute Gasteiger partial charge is 0.482 e. The average molecular weight is 497 g/mol. The highest BCUT2D eigenvalue weighted by molar-refractivity contribution is 7.89. The number of esters is 1. The van der Waals surface area contributed by atoms with Gasteiger partial charge in [0, 0.05) is 12.2 Å². The number of hydrogen-bond donors (Lipinski definition) is 2. The van der Waals surface area contributed by atoms with Gasteiger partial charge in [0.2, 0.25) is 10.0 Å². The fourth-order valence-corrected chi connectivity index (χ4v) is 4.09. The van der Waals surface area contributed by atoms with Gasteiger partial charge in [0.15, 0.2) is 6.61 Å². The molecule has 0 unspecified atom stereocenters. The summed E-state index contributed by atoms with van der Waals surface area (Å²) in [5.41, 5.74) is 0.877. The van der Waals surface area contributed by atoms with Crippen LogP contribution in [0.5, 0.6) is 5.75 Å². The molecule has 2 N–H and O–H groups in total. The van der Waals surface area contributed by atoms with Crippen molar-refractivity contribution in [2.75, 3.05) is 25.1 Å². The summed E-state index contributed by atoms with van der Waals surface area (Å²) in [7, 11) is -3.69. The second kappa shape index (κ2) is 12.6. The lowest BCUT2D eigenvalue weighted by Gasteiger charge is -2.12. The first-order valence-corrected chi connectivity index (χ1v) is 12.5. The molecule has 0 aromatic heterocycles. The number of sulfonamides is 1. The molecule has 1 amide bonds. The first kappa shape index (κ1) is 26.6. The number of anilines is 1. The quantitative estimate of drug-likeness (QED) is 0.335. The molecule has 0 aliphatic rings.